The van der Waals surface area contributed by atoms with E-state index in [0.29, 0.717) is 6.04 Å². The Hall–Kier alpha value is -1.47. The maximum Gasteiger partial charge on any atom is 0.0513 e. The van der Waals surface area contributed by atoms with Gasteiger partial charge in [-0.2, -0.15) is 0 Å². The Balaban J connectivity index is 2.10. The molecule has 0 heterocycles. The van der Waals surface area contributed by atoms with E-state index in [2.05, 4.69) is 48.6 Å². The average molecular weight is 288 g/mol. The molecule has 1 N–H and O–H groups in total. The summed E-state index contributed by atoms with van der Waals surface area (Å²) < 4.78 is 0. The van der Waals surface area contributed by atoms with Crippen molar-refractivity contribution in [1.29, 1.82) is 0 Å². The second kappa shape index (κ2) is 7.96. The molecule has 1 nitrogen and oxygen atoms in total. The molecule has 0 aromatic heterocycles. The third-order valence-corrected chi connectivity index (χ3v) is 3.70. The van der Waals surface area contributed by atoms with Gasteiger partial charge in [0.05, 0.1) is 6.04 Å². The third kappa shape index (κ3) is 4.57. The molecule has 106 valence electrons. The molecule has 0 saturated heterocycles. The van der Waals surface area contributed by atoms with E-state index >= 15 is 0 Å². The molecule has 2 aromatic rings. The van der Waals surface area contributed by atoms with Crippen LogP contribution in [0.2, 0.25) is 5.02 Å². The predicted octanol–water partition coefficient (Wildman–Crippen LogP) is 6.07. The first-order chi connectivity index (χ1) is 9.79. The van der Waals surface area contributed by atoms with Gasteiger partial charge in [0, 0.05) is 10.7 Å². The Kier molecular flexibility index (Phi) is 5.94. The Labute approximate surface area is 127 Å². The molecule has 0 radical (unpaired) electrons. The minimum atomic E-state index is 0.348. The fourth-order valence-electron chi connectivity index (χ4n) is 2.39. The lowest BCUT2D eigenvalue weighted by Crippen LogP contribution is -2.10. The normalized spacial score (nSPS) is 12.1. The number of halogens is 1. The summed E-state index contributed by atoms with van der Waals surface area (Å²) in [5.41, 5.74) is 2.42. The molecule has 0 aliphatic heterocycles. The minimum Gasteiger partial charge on any atom is -0.378 e. The number of benzene rings is 2. The van der Waals surface area contributed by atoms with Gasteiger partial charge in [-0.3, -0.25) is 0 Å². The van der Waals surface area contributed by atoms with Crippen molar-refractivity contribution in [2.24, 2.45) is 0 Å². The van der Waals surface area contributed by atoms with Crippen molar-refractivity contribution in [1.82, 2.24) is 0 Å². The fourth-order valence-corrected chi connectivity index (χ4v) is 2.58. The van der Waals surface area contributed by atoms with Gasteiger partial charge in [-0.25, -0.2) is 0 Å². The number of rotatable bonds is 7. The SMILES string of the molecule is CCCCCC(Nc1cccc(Cl)c1)c1ccccc1. The topological polar surface area (TPSA) is 12.0 Å². The first-order valence-corrected chi connectivity index (χ1v) is 7.74. The number of hydrogen-bond donors (Lipinski definition) is 1. The van der Waals surface area contributed by atoms with Gasteiger partial charge in [0.25, 0.3) is 0 Å². The Morgan fingerprint density at radius 1 is 1.00 bits per heavy atom. The van der Waals surface area contributed by atoms with E-state index in [-0.39, 0.29) is 0 Å². The summed E-state index contributed by atoms with van der Waals surface area (Å²) in [6, 6.07) is 18.9. The molecule has 20 heavy (non-hydrogen) atoms. The summed E-state index contributed by atoms with van der Waals surface area (Å²) in [5, 5.41) is 4.38. The summed E-state index contributed by atoms with van der Waals surface area (Å²) in [6.45, 7) is 2.24. The number of unbranched alkanes of at least 4 members (excludes halogenated alkanes) is 2. The van der Waals surface area contributed by atoms with E-state index in [0.717, 1.165) is 17.1 Å². The Morgan fingerprint density at radius 3 is 2.50 bits per heavy atom. The monoisotopic (exact) mass is 287 g/mol. The van der Waals surface area contributed by atoms with Crippen molar-refractivity contribution < 1.29 is 0 Å². The van der Waals surface area contributed by atoms with Crippen LogP contribution in [0.3, 0.4) is 0 Å². The van der Waals surface area contributed by atoms with E-state index in [1.807, 2.05) is 18.2 Å². The van der Waals surface area contributed by atoms with Crippen LogP contribution in [0.4, 0.5) is 5.69 Å². The number of nitrogens with one attached hydrogen (secondary N) is 1. The molecule has 2 rings (SSSR count). The highest BCUT2D eigenvalue weighted by atomic mass is 35.5. The zero-order valence-corrected chi connectivity index (χ0v) is 12.7. The van der Waals surface area contributed by atoms with Crippen molar-refractivity contribution in [3.8, 4) is 0 Å². The molecule has 0 saturated carbocycles. The van der Waals surface area contributed by atoms with Crippen LogP contribution < -0.4 is 5.32 Å². The van der Waals surface area contributed by atoms with Gasteiger partial charge in [0.2, 0.25) is 0 Å². The largest absolute Gasteiger partial charge is 0.378 e. The first-order valence-electron chi connectivity index (χ1n) is 7.36. The molecular formula is C18H22ClN. The molecule has 2 aromatic carbocycles. The molecule has 0 amide bonds. The molecule has 1 atom stereocenters. The van der Waals surface area contributed by atoms with Gasteiger partial charge in [0.1, 0.15) is 0 Å². The molecule has 0 aliphatic rings. The lowest BCUT2D eigenvalue weighted by molar-refractivity contribution is 0.606. The van der Waals surface area contributed by atoms with Gasteiger partial charge >= 0.3 is 0 Å². The van der Waals surface area contributed by atoms with E-state index in [1.54, 1.807) is 0 Å². The van der Waals surface area contributed by atoms with Crippen LogP contribution in [-0.4, -0.2) is 0 Å². The summed E-state index contributed by atoms with van der Waals surface area (Å²) in [7, 11) is 0. The van der Waals surface area contributed by atoms with Crippen LogP contribution in [0.5, 0.6) is 0 Å². The molecule has 2 heteroatoms. The second-order valence-electron chi connectivity index (χ2n) is 5.11. The van der Waals surface area contributed by atoms with E-state index in [4.69, 9.17) is 11.6 Å². The van der Waals surface area contributed by atoms with Crippen molar-refractivity contribution in [3.63, 3.8) is 0 Å². The standard InChI is InChI=1S/C18H22ClN/c1-2-3-5-13-18(15-9-6-4-7-10-15)20-17-12-8-11-16(19)14-17/h4,6-12,14,18,20H,2-3,5,13H2,1H3. The highest BCUT2D eigenvalue weighted by molar-refractivity contribution is 6.30. The van der Waals surface area contributed by atoms with E-state index in [9.17, 15) is 0 Å². The van der Waals surface area contributed by atoms with Crippen LogP contribution in [0.1, 0.15) is 44.2 Å². The van der Waals surface area contributed by atoms with Crippen LogP contribution >= 0.6 is 11.6 Å². The lowest BCUT2D eigenvalue weighted by Gasteiger charge is -2.20. The molecule has 0 bridgehead atoms. The van der Waals surface area contributed by atoms with Crippen molar-refractivity contribution in [3.05, 3.63) is 65.2 Å². The third-order valence-electron chi connectivity index (χ3n) is 3.46. The summed E-state index contributed by atoms with van der Waals surface area (Å²) in [4.78, 5) is 0. The van der Waals surface area contributed by atoms with Crippen LogP contribution in [0.25, 0.3) is 0 Å². The number of anilines is 1. The molecular weight excluding hydrogens is 266 g/mol. The van der Waals surface area contributed by atoms with Crippen molar-refractivity contribution in [2.75, 3.05) is 5.32 Å². The van der Waals surface area contributed by atoms with Gasteiger partial charge in [0.15, 0.2) is 0 Å². The second-order valence-corrected chi connectivity index (χ2v) is 5.55. The fraction of sp³-hybridized carbons (Fsp3) is 0.333. The minimum absolute atomic E-state index is 0.348. The van der Waals surface area contributed by atoms with Crippen LogP contribution in [0.15, 0.2) is 54.6 Å². The molecule has 0 aliphatic carbocycles. The van der Waals surface area contributed by atoms with Gasteiger partial charge in [-0.05, 0) is 30.2 Å². The summed E-state index contributed by atoms with van der Waals surface area (Å²) >= 11 is 6.06. The zero-order valence-electron chi connectivity index (χ0n) is 12.0. The van der Waals surface area contributed by atoms with Gasteiger partial charge in [-0.1, -0.05) is 74.2 Å². The molecule has 1 unspecified atom stereocenters. The summed E-state index contributed by atoms with van der Waals surface area (Å²) in [6.07, 6.45) is 4.91. The molecule has 0 fully saturated rings. The first kappa shape index (κ1) is 14.9. The van der Waals surface area contributed by atoms with Crippen molar-refractivity contribution >= 4 is 17.3 Å². The zero-order chi connectivity index (χ0) is 14.2. The van der Waals surface area contributed by atoms with E-state index < -0.39 is 0 Å². The predicted molar refractivity (Wildman–Crippen MR) is 88.4 cm³/mol. The smallest absolute Gasteiger partial charge is 0.0513 e. The van der Waals surface area contributed by atoms with Crippen molar-refractivity contribution in [2.45, 2.75) is 38.6 Å². The summed E-state index contributed by atoms with van der Waals surface area (Å²) in [5.74, 6) is 0. The van der Waals surface area contributed by atoms with E-state index in [1.165, 1.54) is 24.8 Å². The lowest BCUT2D eigenvalue weighted by atomic mass is 10.00. The molecule has 0 spiro atoms. The van der Waals surface area contributed by atoms with Gasteiger partial charge < -0.3 is 5.32 Å². The van der Waals surface area contributed by atoms with Crippen LogP contribution in [0, 0.1) is 0 Å². The maximum atomic E-state index is 6.06. The maximum absolute atomic E-state index is 6.06. The van der Waals surface area contributed by atoms with Crippen LogP contribution in [-0.2, 0) is 0 Å². The highest BCUT2D eigenvalue weighted by Gasteiger charge is 2.10. The quantitative estimate of drug-likeness (QED) is 0.609. The van der Waals surface area contributed by atoms with Gasteiger partial charge in [-0.15, -0.1) is 0 Å². The Morgan fingerprint density at radius 2 is 1.80 bits per heavy atom. The Bertz CT molecular complexity index is 510. The average Bonchev–Trinajstić information content (AvgIpc) is 2.47. The highest BCUT2D eigenvalue weighted by Crippen LogP contribution is 2.26. The number of hydrogen-bond acceptors (Lipinski definition) is 1.